The van der Waals surface area contributed by atoms with E-state index in [1.165, 1.54) is 5.56 Å². The van der Waals surface area contributed by atoms with E-state index in [-0.39, 0.29) is 6.10 Å². The van der Waals surface area contributed by atoms with Crippen LogP contribution in [-0.2, 0) is 0 Å². The molecule has 1 saturated carbocycles. The third-order valence-corrected chi connectivity index (χ3v) is 3.44. The van der Waals surface area contributed by atoms with E-state index in [1.807, 2.05) is 19.9 Å². The van der Waals surface area contributed by atoms with E-state index >= 15 is 0 Å². The SMILES string of the molecule is CCOc1ccc(C2CCC(O)C2)cc1OCC. The fourth-order valence-corrected chi connectivity index (χ4v) is 2.58. The van der Waals surface area contributed by atoms with Crippen LogP contribution in [0.4, 0.5) is 0 Å². The zero-order chi connectivity index (χ0) is 13.0. The van der Waals surface area contributed by atoms with Gasteiger partial charge in [0.2, 0.25) is 0 Å². The normalized spacial score (nSPS) is 23.1. The minimum absolute atomic E-state index is 0.142. The Morgan fingerprint density at radius 2 is 1.83 bits per heavy atom. The summed E-state index contributed by atoms with van der Waals surface area (Å²) in [5.41, 5.74) is 1.25. The third kappa shape index (κ3) is 2.96. The molecule has 0 aromatic heterocycles. The molecule has 1 aliphatic rings. The molecule has 100 valence electrons. The molecule has 1 N–H and O–H groups in total. The van der Waals surface area contributed by atoms with Gasteiger partial charge in [0.15, 0.2) is 11.5 Å². The van der Waals surface area contributed by atoms with Crippen LogP contribution in [0.1, 0.15) is 44.6 Å². The predicted octanol–water partition coefficient (Wildman–Crippen LogP) is 3.11. The first-order valence-corrected chi connectivity index (χ1v) is 6.82. The largest absolute Gasteiger partial charge is 0.490 e. The Morgan fingerprint density at radius 3 is 2.44 bits per heavy atom. The topological polar surface area (TPSA) is 38.7 Å². The number of rotatable bonds is 5. The van der Waals surface area contributed by atoms with Crippen LogP contribution in [0.5, 0.6) is 11.5 Å². The minimum Gasteiger partial charge on any atom is -0.490 e. The molecule has 2 unspecified atom stereocenters. The lowest BCUT2D eigenvalue weighted by Crippen LogP contribution is -2.02. The van der Waals surface area contributed by atoms with E-state index in [0.717, 1.165) is 30.8 Å². The molecule has 2 rings (SSSR count). The van der Waals surface area contributed by atoms with Gasteiger partial charge in [-0.05, 0) is 56.7 Å². The monoisotopic (exact) mass is 250 g/mol. The van der Waals surface area contributed by atoms with Gasteiger partial charge in [0.05, 0.1) is 19.3 Å². The van der Waals surface area contributed by atoms with Crippen LogP contribution in [0.15, 0.2) is 18.2 Å². The van der Waals surface area contributed by atoms with Gasteiger partial charge in [-0.25, -0.2) is 0 Å². The summed E-state index contributed by atoms with van der Waals surface area (Å²) in [6.45, 7) is 5.22. The quantitative estimate of drug-likeness (QED) is 0.872. The Balaban J connectivity index is 2.19. The molecule has 1 aliphatic carbocycles. The Hall–Kier alpha value is -1.22. The van der Waals surface area contributed by atoms with Crippen molar-refractivity contribution in [2.45, 2.75) is 45.1 Å². The number of hydrogen-bond donors (Lipinski definition) is 1. The van der Waals surface area contributed by atoms with Crippen LogP contribution in [0.2, 0.25) is 0 Å². The second-order valence-corrected chi connectivity index (χ2v) is 4.74. The first-order valence-electron chi connectivity index (χ1n) is 6.82. The molecule has 0 amide bonds. The first kappa shape index (κ1) is 13.2. The third-order valence-electron chi connectivity index (χ3n) is 3.44. The predicted molar refractivity (Wildman–Crippen MR) is 71.4 cm³/mol. The number of aliphatic hydroxyl groups is 1. The van der Waals surface area contributed by atoms with Crippen molar-refractivity contribution in [1.82, 2.24) is 0 Å². The van der Waals surface area contributed by atoms with Crippen molar-refractivity contribution in [1.29, 1.82) is 0 Å². The smallest absolute Gasteiger partial charge is 0.161 e. The first-order chi connectivity index (χ1) is 8.74. The van der Waals surface area contributed by atoms with Crippen molar-refractivity contribution in [3.05, 3.63) is 23.8 Å². The molecule has 0 saturated heterocycles. The van der Waals surface area contributed by atoms with Crippen molar-refractivity contribution in [2.24, 2.45) is 0 Å². The van der Waals surface area contributed by atoms with E-state index in [9.17, 15) is 5.11 Å². The van der Waals surface area contributed by atoms with Gasteiger partial charge >= 0.3 is 0 Å². The fourth-order valence-electron chi connectivity index (χ4n) is 2.58. The zero-order valence-corrected chi connectivity index (χ0v) is 11.2. The number of aliphatic hydroxyl groups excluding tert-OH is 1. The van der Waals surface area contributed by atoms with Gasteiger partial charge in [-0.3, -0.25) is 0 Å². The molecule has 0 heterocycles. The average Bonchev–Trinajstić information content (AvgIpc) is 2.79. The van der Waals surface area contributed by atoms with Gasteiger partial charge in [0.25, 0.3) is 0 Å². The van der Waals surface area contributed by atoms with Crippen LogP contribution < -0.4 is 9.47 Å². The van der Waals surface area contributed by atoms with Gasteiger partial charge in [-0.1, -0.05) is 6.07 Å². The molecule has 18 heavy (non-hydrogen) atoms. The Labute approximate surface area is 109 Å². The van der Waals surface area contributed by atoms with E-state index in [4.69, 9.17) is 9.47 Å². The highest BCUT2D eigenvalue weighted by Gasteiger charge is 2.24. The molecule has 2 atom stereocenters. The molecule has 1 aromatic carbocycles. The molecule has 0 bridgehead atoms. The van der Waals surface area contributed by atoms with E-state index in [2.05, 4.69) is 12.1 Å². The Bertz CT molecular complexity index is 389. The van der Waals surface area contributed by atoms with Crippen molar-refractivity contribution < 1.29 is 14.6 Å². The van der Waals surface area contributed by atoms with Gasteiger partial charge in [0.1, 0.15) is 0 Å². The van der Waals surface area contributed by atoms with Gasteiger partial charge in [0, 0.05) is 0 Å². The number of hydrogen-bond acceptors (Lipinski definition) is 3. The molecule has 0 radical (unpaired) electrons. The summed E-state index contributed by atoms with van der Waals surface area (Å²) in [5, 5.41) is 9.62. The van der Waals surface area contributed by atoms with Crippen molar-refractivity contribution in [3.8, 4) is 11.5 Å². The van der Waals surface area contributed by atoms with Gasteiger partial charge < -0.3 is 14.6 Å². The molecule has 3 heteroatoms. The van der Waals surface area contributed by atoms with Crippen molar-refractivity contribution >= 4 is 0 Å². The van der Waals surface area contributed by atoms with Crippen LogP contribution in [-0.4, -0.2) is 24.4 Å². The molecular formula is C15H22O3. The number of benzene rings is 1. The lowest BCUT2D eigenvalue weighted by atomic mass is 9.97. The second kappa shape index (κ2) is 6.10. The average molecular weight is 250 g/mol. The van der Waals surface area contributed by atoms with E-state index < -0.39 is 0 Å². The second-order valence-electron chi connectivity index (χ2n) is 4.74. The Kier molecular flexibility index (Phi) is 4.48. The molecule has 0 spiro atoms. The van der Waals surface area contributed by atoms with Gasteiger partial charge in [-0.2, -0.15) is 0 Å². The minimum atomic E-state index is -0.142. The standard InChI is InChI=1S/C15H22O3/c1-3-17-14-8-6-12(10-15(14)18-4-2)11-5-7-13(16)9-11/h6,8,10-11,13,16H,3-5,7,9H2,1-2H3. The van der Waals surface area contributed by atoms with Crippen LogP contribution in [0.3, 0.4) is 0 Å². The molecular weight excluding hydrogens is 228 g/mol. The fraction of sp³-hybridized carbons (Fsp3) is 0.600. The van der Waals surface area contributed by atoms with Crippen LogP contribution in [0, 0.1) is 0 Å². The van der Waals surface area contributed by atoms with E-state index in [1.54, 1.807) is 0 Å². The lowest BCUT2D eigenvalue weighted by Gasteiger charge is -2.15. The highest BCUT2D eigenvalue weighted by atomic mass is 16.5. The zero-order valence-electron chi connectivity index (χ0n) is 11.2. The molecule has 0 aliphatic heterocycles. The summed E-state index contributed by atoms with van der Waals surface area (Å²) >= 11 is 0. The lowest BCUT2D eigenvalue weighted by molar-refractivity contribution is 0.181. The maximum absolute atomic E-state index is 9.62. The van der Waals surface area contributed by atoms with Crippen LogP contribution >= 0.6 is 0 Å². The molecule has 3 nitrogen and oxygen atoms in total. The summed E-state index contributed by atoms with van der Waals surface area (Å²) in [5.74, 6) is 2.08. The summed E-state index contributed by atoms with van der Waals surface area (Å²) in [6, 6.07) is 6.14. The maximum Gasteiger partial charge on any atom is 0.161 e. The van der Waals surface area contributed by atoms with Crippen molar-refractivity contribution in [2.75, 3.05) is 13.2 Å². The maximum atomic E-state index is 9.62. The summed E-state index contributed by atoms with van der Waals surface area (Å²) in [6.07, 6.45) is 2.68. The van der Waals surface area contributed by atoms with E-state index in [0.29, 0.717) is 19.1 Å². The highest BCUT2D eigenvalue weighted by Crippen LogP contribution is 2.38. The number of ether oxygens (including phenoxy) is 2. The molecule has 1 fully saturated rings. The molecule has 1 aromatic rings. The highest BCUT2D eigenvalue weighted by molar-refractivity contribution is 5.44. The van der Waals surface area contributed by atoms with Gasteiger partial charge in [-0.15, -0.1) is 0 Å². The Morgan fingerprint density at radius 1 is 1.11 bits per heavy atom. The van der Waals surface area contributed by atoms with Crippen LogP contribution in [0.25, 0.3) is 0 Å². The summed E-state index contributed by atoms with van der Waals surface area (Å²) in [4.78, 5) is 0. The summed E-state index contributed by atoms with van der Waals surface area (Å²) in [7, 11) is 0. The van der Waals surface area contributed by atoms with Crippen molar-refractivity contribution in [3.63, 3.8) is 0 Å². The summed E-state index contributed by atoms with van der Waals surface area (Å²) < 4.78 is 11.2.